The average molecular weight is 208 g/mol. The lowest BCUT2D eigenvalue weighted by atomic mass is 10.1. The number of esters is 1. The highest BCUT2D eigenvalue weighted by atomic mass is 19.1. The molecular weight excluding hydrogens is 195 g/mol. The molecule has 0 amide bonds. The number of hydrogen-bond acceptors (Lipinski definition) is 2. The van der Waals surface area contributed by atoms with Gasteiger partial charge in [0.25, 0.3) is 0 Å². The average Bonchev–Trinajstić information content (AvgIpc) is 2.98. The van der Waals surface area contributed by atoms with E-state index in [1.807, 2.05) is 0 Å². The van der Waals surface area contributed by atoms with Crippen molar-refractivity contribution in [3.8, 4) is 0 Å². The first kappa shape index (κ1) is 10.1. The van der Waals surface area contributed by atoms with E-state index in [0.29, 0.717) is 18.6 Å². The van der Waals surface area contributed by atoms with E-state index in [1.54, 1.807) is 25.1 Å². The van der Waals surface area contributed by atoms with Gasteiger partial charge in [0.05, 0.1) is 12.5 Å². The molecule has 3 heteroatoms. The van der Waals surface area contributed by atoms with Crippen LogP contribution in [0.3, 0.4) is 0 Å². The van der Waals surface area contributed by atoms with Gasteiger partial charge in [-0.25, -0.2) is 4.39 Å². The third kappa shape index (κ3) is 2.01. The van der Waals surface area contributed by atoms with E-state index >= 15 is 0 Å². The van der Waals surface area contributed by atoms with Gasteiger partial charge in [0, 0.05) is 5.92 Å². The molecule has 15 heavy (non-hydrogen) atoms. The molecule has 2 nitrogen and oxygen atoms in total. The van der Waals surface area contributed by atoms with Crippen LogP contribution >= 0.6 is 0 Å². The fraction of sp³-hybridized carbons (Fsp3) is 0.417. The molecule has 0 N–H and O–H groups in total. The molecule has 0 radical (unpaired) electrons. The summed E-state index contributed by atoms with van der Waals surface area (Å²) in [7, 11) is 0. The Kier molecular flexibility index (Phi) is 2.71. The topological polar surface area (TPSA) is 26.3 Å². The van der Waals surface area contributed by atoms with Crippen molar-refractivity contribution in [2.45, 2.75) is 19.3 Å². The Balaban J connectivity index is 2.05. The fourth-order valence-corrected chi connectivity index (χ4v) is 1.82. The zero-order valence-corrected chi connectivity index (χ0v) is 8.57. The second-order valence-corrected chi connectivity index (χ2v) is 3.72. The highest BCUT2D eigenvalue weighted by molar-refractivity contribution is 5.77. The Hall–Kier alpha value is -1.38. The minimum atomic E-state index is -0.228. The first-order valence-corrected chi connectivity index (χ1v) is 5.15. The SMILES string of the molecule is CCOC(=O)C1CC1c1ccccc1F. The van der Waals surface area contributed by atoms with Crippen molar-refractivity contribution in [2.75, 3.05) is 6.61 Å². The van der Waals surface area contributed by atoms with Crippen molar-refractivity contribution in [1.82, 2.24) is 0 Å². The van der Waals surface area contributed by atoms with Crippen LogP contribution in [0.15, 0.2) is 24.3 Å². The second-order valence-electron chi connectivity index (χ2n) is 3.72. The lowest BCUT2D eigenvalue weighted by Crippen LogP contribution is -2.07. The molecular formula is C12H13FO2. The second kappa shape index (κ2) is 4.01. The molecule has 1 aromatic rings. The van der Waals surface area contributed by atoms with Crippen molar-refractivity contribution < 1.29 is 13.9 Å². The van der Waals surface area contributed by atoms with Gasteiger partial charge < -0.3 is 4.74 Å². The predicted molar refractivity (Wildman–Crippen MR) is 53.9 cm³/mol. The van der Waals surface area contributed by atoms with Crippen LogP contribution in [0.25, 0.3) is 0 Å². The summed E-state index contributed by atoms with van der Waals surface area (Å²) in [5, 5.41) is 0. The van der Waals surface area contributed by atoms with Gasteiger partial charge in [0.1, 0.15) is 5.82 Å². The van der Waals surface area contributed by atoms with E-state index in [9.17, 15) is 9.18 Å². The third-order valence-electron chi connectivity index (χ3n) is 2.68. The van der Waals surface area contributed by atoms with Gasteiger partial charge in [-0.1, -0.05) is 18.2 Å². The first-order valence-electron chi connectivity index (χ1n) is 5.15. The van der Waals surface area contributed by atoms with Crippen molar-refractivity contribution in [3.05, 3.63) is 35.6 Å². The maximum Gasteiger partial charge on any atom is 0.309 e. The number of hydrogen-bond donors (Lipinski definition) is 0. The number of ether oxygens (including phenoxy) is 1. The standard InChI is InChI=1S/C12H13FO2/c1-2-15-12(14)10-7-9(10)8-5-3-4-6-11(8)13/h3-6,9-10H,2,7H2,1H3. The van der Waals surface area contributed by atoms with E-state index in [1.165, 1.54) is 6.07 Å². The molecule has 1 fully saturated rings. The zero-order chi connectivity index (χ0) is 10.8. The van der Waals surface area contributed by atoms with Gasteiger partial charge in [0.15, 0.2) is 0 Å². The molecule has 2 atom stereocenters. The number of carbonyl (C=O) groups excluding carboxylic acids is 1. The van der Waals surface area contributed by atoms with Crippen LogP contribution in [-0.4, -0.2) is 12.6 Å². The van der Waals surface area contributed by atoms with Crippen molar-refractivity contribution in [1.29, 1.82) is 0 Å². The number of benzene rings is 1. The quantitative estimate of drug-likeness (QED) is 0.713. The number of carbonyl (C=O) groups is 1. The summed E-state index contributed by atoms with van der Waals surface area (Å²) >= 11 is 0. The molecule has 0 bridgehead atoms. The minimum absolute atomic E-state index is 0.0187. The lowest BCUT2D eigenvalue weighted by molar-refractivity contribution is -0.144. The van der Waals surface area contributed by atoms with Crippen molar-refractivity contribution in [2.24, 2.45) is 5.92 Å². The molecule has 0 saturated heterocycles. The molecule has 0 heterocycles. The molecule has 0 aromatic heterocycles. The maximum atomic E-state index is 13.4. The molecule has 1 saturated carbocycles. The molecule has 2 rings (SSSR count). The van der Waals surface area contributed by atoms with Gasteiger partial charge in [0.2, 0.25) is 0 Å². The summed E-state index contributed by atoms with van der Waals surface area (Å²) in [6.45, 7) is 2.16. The number of rotatable bonds is 3. The van der Waals surface area contributed by atoms with Gasteiger partial charge >= 0.3 is 5.97 Å². The summed E-state index contributed by atoms with van der Waals surface area (Å²) in [6.07, 6.45) is 0.708. The van der Waals surface area contributed by atoms with Gasteiger partial charge in [-0.15, -0.1) is 0 Å². The summed E-state index contributed by atoms with van der Waals surface area (Å²) in [5.41, 5.74) is 0.635. The van der Waals surface area contributed by atoms with E-state index in [0.717, 1.165) is 0 Å². The summed E-state index contributed by atoms with van der Waals surface area (Å²) in [5.74, 6) is -0.549. The van der Waals surface area contributed by atoms with Crippen LogP contribution in [-0.2, 0) is 9.53 Å². The van der Waals surface area contributed by atoms with Gasteiger partial charge in [-0.2, -0.15) is 0 Å². The largest absolute Gasteiger partial charge is 0.466 e. The van der Waals surface area contributed by atoms with Crippen molar-refractivity contribution >= 4 is 5.97 Å². The van der Waals surface area contributed by atoms with Gasteiger partial charge in [-0.05, 0) is 25.0 Å². The molecule has 1 aliphatic rings. The minimum Gasteiger partial charge on any atom is -0.466 e. The van der Waals surface area contributed by atoms with E-state index in [2.05, 4.69) is 0 Å². The van der Waals surface area contributed by atoms with Crippen LogP contribution in [0.5, 0.6) is 0 Å². The summed E-state index contributed by atoms with van der Waals surface area (Å²) in [6, 6.07) is 6.61. The molecule has 1 aromatic carbocycles. The van der Waals surface area contributed by atoms with Crippen LogP contribution < -0.4 is 0 Å². The highest BCUT2D eigenvalue weighted by Crippen LogP contribution is 2.48. The zero-order valence-electron chi connectivity index (χ0n) is 8.57. The predicted octanol–water partition coefficient (Wildman–Crippen LogP) is 2.49. The Morgan fingerprint density at radius 2 is 2.27 bits per heavy atom. The van der Waals surface area contributed by atoms with E-state index in [-0.39, 0.29) is 23.6 Å². The molecule has 2 unspecified atom stereocenters. The van der Waals surface area contributed by atoms with Crippen LogP contribution in [0.1, 0.15) is 24.8 Å². The Labute approximate surface area is 88.1 Å². The van der Waals surface area contributed by atoms with Crippen molar-refractivity contribution in [3.63, 3.8) is 0 Å². The monoisotopic (exact) mass is 208 g/mol. The van der Waals surface area contributed by atoms with Crippen LogP contribution in [0.4, 0.5) is 4.39 Å². The van der Waals surface area contributed by atoms with Gasteiger partial charge in [-0.3, -0.25) is 4.79 Å². The number of halogens is 1. The Morgan fingerprint density at radius 3 is 2.93 bits per heavy atom. The molecule has 0 spiro atoms. The Morgan fingerprint density at radius 1 is 1.53 bits per heavy atom. The summed E-state index contributed by atoms with van der Waals surface area (Å²) < 4.78 is 18.2. The summed E-state index contributed by atoms with van der Waals surface area (Å²) in [4.78, 5) is 11.4. The van der Waals surface area contributed by atoms with E-state index < -0.39 is 0 Å². The highest BCUT2D eigenvalue weighted by Gasteiger charge is 2.46. The third-order valence-corrected chi connectivity index (χ3v) is 2.68. The molecule has 80 valence electrons. The lowest BCUT2D eigenvalue weighted by Gasteiger charge is -2.02. The first-order chi connectivity index (χ1) is 7.24. The van der Waals surface area contributed by atoms with E-state index in [4.69, 9.17) is 4.74 Å². The van der Waals surface area contributed by atoms with Crippen LogP contribution in [0, 0.1) is 11.7 Å². The maximum absolute atomic E-state index is 13.4. The normalized spacial score (nSPS) is 23.6. The smallest absolute Gasteiger partial charge is 0.309 e. The molecule has 0 aliphatic heterocycles. The van der Waals surface area contributed by atoms with Crippen LogP contribution in [0.2, 0.25) is 0 Å². The Bertz CT molecular complexity index is 376. The fourth-order valence-electron chi connectivity index (χ4n) is 1.82. The molecule has 1 aliphatic carbocycles.